The number of nitriles is 1. The second-order valence-corrected chi connectivity index (χ2v) is 19.1. The maximum Gasteiger partial charge on any atom is 0.104 e. The molecule has 72 heavy (non-hydrogen) atoms. The summed E-state index contributed by atoms with van der Waals surface area (Å²) in [6, 6.07) is 81.9. The van der Waals surface area contributed by atoms with Crippen molar-refractivity contribution in [1.29, 1.82) is 5.26 Å². The molecule has 0 amide bonds. The molecular weight excluding hydrogens is 875 g/mol. The van der Waals surface area contributed by atoms with Gasteiger partial charge in [-0.1, -0.05) is 164 Å². The predicted molar refractivity (Wildman–Crippen MR) is 300 cm³/mol. The van der Waals surface area contributed by atoms with Crippen molar-refractivity contribution in [3.63, 3.8) is 0 Å². The van der Waals surface area contributed by atoms with Crippen LogP contribution >= 0.6 is 0 Å². The summed E-state index contributed by atoms with van der Waals surface area (Å²) in [7, 11) is 0. The van der Waals surface area contributed by atoms with Crippen molar-refractivity contribution in [3.05, 3.63) is 254 Å². The van der Waals surface area contributed by atoms with E-state index in [0.29, 0.717) is 5.56 Å². The minimum atomic E-state index is 0.279. The molecule has 15 rings (SSSR count). The monoisotopic (exact) mass is 917 g/mol. The molecule has 0 spiro atoms. The quantitative estimate of drug-likeness (QED) is 0.164. The SMILES string of the molecule is N#Cc1c(-n2c3ccccc3c3cc4c(cc32)c2ccccc2n4-c2ccccc2)cc(-c2cccc(C3C=CC=CC3)c2)cc1-n1c2ccccc2c2c1ccc1c3ccccc3n(-c3ccccc3)c12. The smallest absolute Gasteiger partial charge is 0.104 e. The van der Waals surface area contributed by atoms with Crippen molar-refractivity contribution < 1.29 is 0 Å². The fourth-order valence-electron chi connectivity index (χ4n) is 12.2. The number of para-hydroxylation sites is 6. The molecule has 0 fully saturated rings. The Balaban J connectivity index is 1.08. The number of hydrogen-bond donors (Lipinski definition) is 0. The molecule has 1 atom stereocenters. The molecule has 10 aromatic carbocycles. The van der Waals surface area contributed by atoms with Crippen LogP contribution in [0.15, 0.2) is 243 Å². The second-order valence-electron chi connectivity index (χ2n) is 19.1. The summed E-state index contributed by atoms with van der Waals surface area (Å²) in [5.41, 5.74) is 16.6. The standard InChI is InChI=1S/C67H43N5/c68-42-56-62(71-60-34-17-13-30-53(60)66-61(71)36-35-52-49-27-10-15-32-58(49)70(67(52)66)48-25-8-3-9-26-48)38-46(45-22-18-21-44(37-45)43-19-4-1-5-20-43)39-63(56)72-59-33-16-12-29-51(59)55-40-64-54(41-65(55)72)50-28-11-14-31-57(50)69(64)47-23-6-2-7-24-47/h1-19,21-41,43H,20H2. The van der Waals surface area contributed by atoms with E-state index in [9.17, 15) is 5.26 Å². The molecule has 0 radical (unpaired) electrons. The van der Waals surface area contributed by atoms with Gasteiger partial charge in [-0.3, -0.25) is 0 Å². The highest BCUT2D eigenvalue weighted by Gasteiger charge is 2.26. The first-order chi connectivity index (χ1) is 35.7. The summed E-state index contributed by atoms with van der Waals surface area (Å²) in [5.74, 6) is 0.279. The second kappa shape index (κ2) is 15.7. The van der Waals surface area contributed by atoms with E-state index >= 15 is 0 Å². The number of rotatable bonds is 6. The van der Waals surface area contributed by atoms with Crippen LogP contribution in [0.2, 0.25) is 0 Å². The molecule has 4 heterocycles. The lowest BCUT2D eigenvalue weighted by Crippen LogP contribution is -2.05. The molecule has 0 saturated heterocycles. The Morgan fingerprint density at radius 3 is 1.53 bits per heavy atom. The lowest BCUT2D eigenvalue weighted by Gasteiger charge is -2.19. The van der Waals surface area contributed by atoms with Gasteiger partial charge in [0.05, 0.1) is 55.5 Å². The van der Waals surface area contributed by atoms with Gasteiger partial charge in [-0.05, 0) is 102 Å². The molecule has 1 aliphatic carbocycles. The zero-order valence-electron chi connectivity index (χ0n) is 39.1. The van der Waals surface area contributed by atoms with E-state index in [2.05, 4.69) is 267 Å². The van der Waals surface area contributed by atoms with Crippen molar-refractivity contribution in [3.8, 4) is 39.9 Å². The number of aromatic nitrogens is 4. The van der Waals surface area contributed by atoms with Crippen LogP contribution in [0.4, 0.5) is 0 Å². The summed E-state index contributed by atoms with van der Waals surface area (Å²) in [4.78, 5) is 0. The van der Waals surface area contributed by atoms with Gasteiger partial charge < -0.3 is 18.3 Å². The van der Waals surface area contributed by atoms with Crippen molar-refractivity contribution in [2.45, 2.75) is 12.3 Å². The van der Waals surface area contributed by atoms with Crippen LogP contribution in [-0.2, 0) is 0 Å². The van der Waals surface area contributed by atoms with Gasteiger partial charge in [-0.15, -0.1) is 0 Å². The molecular formula is C67H43N5. The molecule has 1 unspecified atom stereocenters. The van der Waals surface area contributed by atoms with E-state index in [4.69, 9.17) is 0 Å². The average Bonchev–Trinajstić information content (AvgIpc) is 4.18. The van der Waals surface area contributed by atoms with Crippen LogP contribution in [0.1, 0.15) is 23.5 Å². The van der Waals surface area contributed by atoms with Crippen molar-refractivity contribution in [2.24, 2.45) is 0 Å². The van der Waals surface area contributed by atoms with Gasteiger partial charge in [0.2, 0.25) is 0 Å². The summed E-state index contributed by atoms with van der Waals surface area (Å²) >= 11 is 0. The fourth-order valence-corrected chi connectivity index (χ4v) is 12.2. The number of fused-ring (bicyclic) bond motifs is 13. The zero-order valence-corrected chi connectivity index (χ0v) is 39.1. The van der Waals surface area contributed by atoms with Crippen molar-refractivity contribution in [2.75, 3.05) is 0 Å². The maximum absolute atomic E-state index is 12.0. The number of allylic oxidation sites excluding steroid dienone is 4. The van der Waals surface area contributed by atoms with Crippen LogP contribution in [0.3, 0.4) is 0 Å². The van der Waals surface area contributed by atoms with Gasteiger partial charge in [-0.25, -0.2) is 0 Å². The molecule has 1 aliphatic rings. The lowest BCUT2D eigenvalue weighted by molar-refractivity contribution is 0.854. The number of hydrogen-bond acceptors (Lipinski definition) is 1. The van der Waals surface area contributed by atoms with Crippen LogP contribution in [-0.4, -0.2) is 18.3 Å². The lowest BCUT2D eigenvalue weighted by atomic mass is 9.90. The van der Waals surface area contributed by atoms with Crippen molar-refractivity contribution >= 4 is 87.2 Å². The first kappa shape index (κ1) is 40.3. The highest BCUT2D eigenvalue weighted by atomic mass is 15.0. The molecule has 0 saturated carbocycles. The molecule has 5 heteroatoms. The van der Waals surface area contributed by atoms with E-state index in [0.717, 1.165) is 111 Å². The fraction of sp³-hybridized carbons (Fsp3) is 0.0299. The Labute approximate surface area is 414 Å². The van der Waals surface area contributed by atoms with E-state index in [-0.39, 0.29) is 5.92 Å². The van der Waals surface area contributed by atoms with Crippen LogP contribution in [0.5, 0.6) is 0 Å². The summed E-state index contributed by atoms with van der Waals surface area (Å²) in [6.45, 7) is 0. The highest BCUT2D eigenvalue weighted by Crippen LogP contribution is 2.46. The maximum atomic E-state index is 12.0. The van der Waals surface area contributed by atoms with Gasteiger partial charge in [-0.2, -0.15) is 5.26 Å². The molecule has 336 valence electrons. The number of nitrogens with zero attached hydrogens (tertiary/aromatic N) is 5. The molecule has 14 aromatic rings. The Hall–Kier alpha value is -9.63. The summed E-state index contributed by atoms with van der Waals surface area (Å²) in [6.07, 6.45) is 9.80. The van der Waals surface area contributed by atoms with Gasteiger partial charge in [0.15, 0.2) is 0 Å². The normalized spacial score (nSPS) is 13.8. The Kier molecular flexibility index (Phi) is 8.78. The number of benzene rings is 10. The third kappa shape index (κ3) is 5.81. The molecule has 0 N–H and O–H groups in total. The largest absolute Gasteiger partial charge is 0.309 e. The Bertz CT molecular complexity index is 4660. The molecule has 0 bridgehead atoms. The highest BCUT2D eigenvalue weighted by molar-refractivity contribution is 6.26. The van der Waals surface area contributed by atoms with E-state index < -0.39 is 0 Å². The third-order valence-corrected chi connectivity index (χ3v) is 15.3. The first-order valence-electron chi connectivity index (χ1n) is 24.8. The zero-order chi connectivity index (χ0) is 47.4. The molecule has 5 nitrogen and oxygen atoms in total. The van der Waals surface area contributed by atoms with Gasteiger partial charge in [0.1, 0.15) is 11.6 Å². The van der Waals surface area contributed by atoms with Gasteiger partial charge in [0, 0.05) is 60.4 Å². The summed E-state index contributed by atoms with van der Waals surface area (Å²) in [5, 5.41) is 21.2. The minimum Gasteiger partial charge on any atom is -0.309 e. The van der Waals surface area contributed by atoms with E-state index in [1.165, 1.54) is 21.7 Å². The minimum absolute atomic E-state index is 0.279. The van der Waals surface area contributed by atoms with Crippen LogP contribution in [0, 0.1) is 11.3 Å². The average molecular weight is 918 g/mol. The molecule has 4 aromatic heterocycles. The molecule has 0 aliphatic heterocycles. The van der Waals surface area contributed by atoms with E-state index in [1.807, 2.05) is 0 Å². The van der Waals surface area contributed by atoms with Crippen LogP contribution < -0.4 is 0 Å². The van der Waals surface area contributed by atoms with Gasteiger partial charge >= 0.3 is 0 Å². The summed E-state index contributed by atoms with van der Waals surface area (Å²) < 4.78 is 9.53. The Morgan fingerprint density at radius 2 is 0.903 bits per heavy atom. The van der Waals surface area contributed by atoms with Crippen LogP contribution in [0.25, 0.3) is 121 Å². The predicted octanol–water partition coefficient (Wildman–Crippen LogP) is 17.2. The van der Waals surface area contributed by atoms with E-state index in [1.54, 1.807) is 0 Å². The topological polar surface area (TPSA) is 43.5 Å². The van der Waals surface area contributed by atoms with Crippen molar-refractivity contribution in [1.82, 2.24) is 18.3 Å². The first-order valence-corrected chi connectivity index (χ1v) is 24.8. The third-order valence-electron chi connectivity index (χ3n) is 15.3. The Morgan fingerprint density at radius 1 is 0.375 bits per heavy atom. The van der Waals surface area contributed by atoms with Gasteiger partial charge in [0.25, 0.3) is 0 Å².